The number of ether oxygens (including phenoxy) is 1. The molecule has 1 aliphatic rings. The Morgan fingerprint density at radius 2 is 2.35 bits per heavy atom. The molecule has 0 aromatic carbocycles. The molecule has 2 unspecified atom stereocenters. The van der Waals surface area contributed by atoms with Crippen molar-refractivity contribution in [1.29, 1.82) is 0 Å². The van der Waals surface area contributed by atoms with Crippen LogP contribution in [0.3, 0.4) is 0 Å². The fourth-order valence-electron chi connectivity index (χ4n) is 2.44. The summed E-state index contributed by atoms with van der Waals surface area (Å²) in [5.74, 6) is 1.55. The number of hydrogen-bond donors (Lipinski definition) is 2. The fourth-order valence-corrected chi connectivity index (χ4v) is 2.44. The molecule has 0 spiro atoms. The Bertz CT molecular complexity index is 430. The van der Waals surface area contributed by atoms with E-state index in [1.807, 2.05) is 0 Å². The van der Waals surface area contributed by atoms with E-state index in [-0.39, 0.29) is 11.3 Å². The summed E-state index contributed by atoms with van der Waals surface area (Å²) < 4.78 is 5.08. The minimum Gasteiger partial charge on any atom is -0.489 e. The van der Waals surface area contributed by atoms with Gasteiger partial charge in [-0.3, -0.25) is 4.79 Å². The lowest BCUT2D eigenvalue weighted by Crippen LogP contribution is -2.28. The Labute approximate surface area is 101 Å². The molecule has 2 rings (SSSR count). The molecule has 0 aliphatic heterocycles. The molecular formula is C12H19N3O2. The number of aromatic nitrogens is 2. The van der Waals surface area contributed by atoms with Gasteiger partial charge in [0, 0.05) is 6.04 Å². The highest BCUT2D eigenvalue weighted by atomic mass is 16.5. The van der Waals surface area contributed by atoms with Gasteiger partial charge in [0.25, 0.3) is 5.56 Å². The first-order valence-electron chi connectivity index (χ1n) is 6.09. The smallest absolute Gasteiger partial charge is 0.295 e. The lowest BCUT2D eigenvalue weighted by atomic mass is 9.87. The predicted molar refractivity (Wildman–Crippen MR) is 66.5 cm³/mol. The summed E-state index contributed by atoms with van der Waals surface area (Å²) >= 11 is 0. The number of nitrogens with zero attached hydrogens (tertiary/aromatic N) is 1. The van der Waals surface area contributed by atoms with Gasteiger partial charge >= 0.3 is 0 Å². The lowest BCUT2D eigenvalue weighted by Gasteiger charge is -2.28. The van der Waals surface area contributed by atoms with E-state index in [1.165, 1.54) is 26.3 Å². The molecule has 2 atom stereocenters. The predicted octanol–water partition coefficient (Wildman–Crippen LogP) is 1.77. The van der Waals surface area contributed by atoms with Crippen LogP contribution in [0.2, 0.25) is 0 Å². The first-order chi connectivity index (χ1) is 8.20. The van der Waals surface area contributed by atoms with Crippen molar-refractivity contribution in [2.24, 2.45) is 5.92 Å². The van der Waals surface area contributed by atoms with Crippen LogP contribution in [0, 0.1) is 5.92 Å². The molecule has 1 aromatic rings. The monoisotopic (exact) mass is 237 g/mol. The fraction of sp³-hybridized carbons (Fsp3) is 0.667. The molecule has 5 nitrogen and oxygen atoms in total. The molecule has 1 heterocycles. The maximum absolute atomic E-state index is 11.5. The summed E-state index contributed by atoms with van der Waals surface area (Å²) in [4.78, 5) is 18.2. The van der Waals surface area contributed by atoms with E-state index in [9.17, 15) is 4.79 Å². The van der Waals surface area contributed by atoms with Gasteiger partial charge in [-0.05, 0) is 18.8 Å². The number of H-pyrrole nitrogens is 1. The van der Waals surface area contributed by atoms with Crippen molar-refractivity contribution in [2.75, 3.05) is 12.4 Å². The number of nitrogens with one attached hydrogen (secondary N) is 2. The third-order valence-electron chi connectivity index (χ3n) is 3.29. The first kappa shape index (κ1) is 12.0. The van der Waals surface area contributed by atoms with Crippen LogP contribution in [0.25, 0.3) is 0 Å². The second-order valence-electron chi connectivity index (χ2n) is 4.73. The van der Waals surface area contributed by atoms with E-state index in [1.54, 1.807) is 0 Å². The molecule has 1 aliphatic carbocycles. The number of aromatic amines is 1. The molecule has 94 valence electrons. The summed E-state index contributed by atoms with van der Waals surface area (Å²) in [6, 6.07) is 0.391. The summed E-state index contributed by atoms with van der Waals surface area (Å²) in [7, 11) is 1.49. The van der Waals surface area contributed by atoms with E-state index in [4.69, 9.17) is 4.74 Å². The van der Waals surface area contributed by atoms with Crippen molar-refractivity contribution >= 4 is 5.82 Å². The van der Waals surface area contributed by atoms with Crippen LogP contribution >= 0.6 is 0 Å². The topological polar surface area (TPSA) is 67.0 Å². The molecule has 1 fully saturated rings. The largest absolute Gasteiger partial charge is 0.489 e. The Balaban J connectivity index is 2.12. The van der Waals surface area contributed by atoms with Gasteiger partial charge in [0.1, 0.15) is 0 Å². The van der Waals surface area contributed by atoms with Crippen molar-refractivity contribution in [1.82, 2.24) is 9.97 Å². The second-order valence-corrected chi connectivity index (χ2v) is 4.73. The molecule has 0 radical (unpaired) electrons. The maximum atomic E-state index is 11.5. The van der Waals surface area contributed by atoms with Crippen LogP contribution < -0.4 is 15.6 Å². The van der Waals surface area contributed by atoms with Gasteiger partial charge in [0.2, 0.25) is 5.75 Å². The van der Waals surface area contributed by atoms with Crippen LogP contribution in [-0.4, -0.2) is 23.1 Å². The quantitative estimate of drug-likeness (QED) is 0.840. The highest BCUT2D eigenvalue weighted by molar-refractivity contribution is 5.48. The van der Waals surface area contributed by atoms with Gasteiger partial charge < -0.3 is 15.0 Å². The summed E-state index contributed by atoms with van der Waals surface area (Å²) in [5.41, 5.74) is -0.242. The Kier molecular flexibility index (Phi) is 3.66. The van der Waals surface area contributed by atoms with Gasteiger partial charge in [0.05, 0.1) is 13.4 Å². The third-order valence-corrected chi connectivity index (χ3v) is 3.29. The SMILES string of the molecule is COc1c(NC2CCCC(C)C2)nc[nH]c1=O. The normalized spacial score (nSPS) is 24.4. The summed E-state index contributed by atoms with van der Waals surface area (Å²) in [5, 5.41) is 3.32. The molecule has 1 aromatic heterocycles. The number of methoxy groups -OCH3 is 1. The van der Waals surface area contributed by atoms with Crippen LogP contribution in [-0.2, 0) is 0 Å². The van der Waals surface area contributed by atoms with Gasteiger partial charge in [-0.25, -0.2) is 4.98 Å². The Hall–Kier alpha value is -1.52. The molecule has 1 saturated carbocycles. The van der Waals surface area contributed by atoms with E-state index in [2.05, 4.69) is 22.2 Å². The molecule has 0 saturated heterocycles. The minimum absolute atomic E-state index is 0.242. The molecule has 0 amide bonds. The number of rotatable bonds is 3. The van der Waals surface area contributed by atoms with Gasteiger partial charge in [0.15, 0.2) is 5.82 Å². The van der Waals surface area contributed by atoms with E-state index >= 15 is 0 Å². The van der Waals surface area contributed by atoms with Crippen molar-refractivity contribution in [2.45, 2.75) is 38.6 Å². The zero-order chi connectivity index (χ0) is 12.3. The van der Waals surface area contributed by atoms with Crippen LogP contribution in [0.1, 0.15) is 32.6 Å². The third kappa shape index (κ3) is 2.78. The molecule has 2 N–H and O–H groups in total. The average Bonchev–Trinajstić information content (AvgIpc) is 2.29. The average molecular weight is 237 g/mol. The standard InChI is InChI=1S/C12H19N3O2/c1-8-4-3-5-9(6-8)15-11-10(17-2)12(16)14-7-13-11/h7-9H,3-6H2,1-2H3,(H2,13,14,15,16). The van der Waals surface area contributed by atoms with Crippen LogP contribution in [0.15, 0.2) is 11.1 Å². The first-order valence-corrected chi connectivity index (χ1v) is 6.09. The lowest BCUT2D eigenvalue weighted by molar-refractivity contribution is 0.355. The van der Waals surface area contributed by atoms with Crippen molar-refractivity contribution in [3.63, 3.8) is 0 Å². The Morgan fingerprint density at radius 1 is 1.53 bits per heavy atom. The van der Waals surface area contributed by atoms with Crippen LogP contribution in [0.5, 0.6) is 5.75 Å². The summed E-state index contributed by atoms with van der Waals surface area (Å²) in [6.45, 7) is 2.26. The van der Waals surface area contributed by atoms with Gasteiger partial charge in [-0.15, -0.1) is 0 Å². The van der Waals surface area contributed by atoms with Crippen molar-refractivity contribution in [3.8, 4) is 5.75 Å². The van der Waals surface area contributed by atoms with Crippen molar-refractivity contribution in [3.05, 3.63) is 16.7 Å². The van der Waals surface area contributed by atoms with Gasteiger partial charge in [-0.1, -0.05) is 19.8 Å². The van der Waals surface area contributed by atoms with Crippen molar-refractivity contribution < 1.29 is 4.74 Å². The zero-order valence-electron chi connectivity index (χ0n) is 10.3. The minimum atomic E-state index is -0.242. The summed E-state index contributed by atoms with van der Waals surface area (Å²) in [6.07, 6.45) is 6.17. The highest BCUT2D eigenvalue weighted by Gasteiger charge is 2.20. The molecular weight excluding hydrogens is 218 g/mol. The van der Waals surface area contributed by atoms with E-state index in [0.717, 1.165) is 18.8 Å². The maximum Gasteiger partial charge on any atom is 0.295 e. The highest BCUT2D eigenvalue weighted by Crippen LogP contribution is 2.27. The number of anilines is 1. The van der Waals surface area contributed by atoms with E-state index < -0.39 is 0 Å². The number of hydrogen-bond acceptors (Lipinski definition) is 4. The second kappa shape index (κ2) is 5.21. The Morgan fingerprint density at radius 3 is 3.06 bits per heavy atom. The molecule has 17 heavy (non-hydrogen) atoms. The zero-order valence-corrected chi connectivity index (χ0v) is 10.3. The molecule has 5 heteroatoms. The molecule has 0 bridgehead atoms. The van der Waals surface area contributed by atoms with Gasteiger partial charge in [-0.2, -0.15) is 0 Å². The van der Waals surface area contributed by atoms with Crippen LogP contribution in [0.4, 0.5) is 5.82 Å². The van der Waals surface area contributed by atoms with E-state index in [0.29, 0.717) is 11.9 Å².